The van der Waals surface area contributed by atoms with E-state index < -0.39 is 17.6 Å². The molecule has 2 amide bonds. The van der Waals surface area contributed by atoms with Crippen molar-refractivity contribution in [2.45, 2.75) is 39.0 Å². The SMILES string of the molecule is C=CC(=O)N1CCC(Nc2nccc(Oc3cc(C(=O)Nc4ccc(CN5CCN(CC)CC5)c(C(F)(F)F)c4)ccc3C)n2)C1. The molecule has 10 nitrogen and oxygen atoms in total. The number of anilines is 2. The predicted octanol–water partition coefficient (Wildman–Crippen LogP) is 5.18. The molecule has 5 rings (SSSR count). The molecule has 1 atom stereocenters. The average Bonchev–Trinajstić information content (AvgIpc) is 3.51. The molecule has 1 aromatic heterocycles. The van der Waals surface area contributed by atoms with Gasteiger partial charge in [-0.15, -0.1) is 0 Å². The van der Waals surface area contributed by atoms with Crippen LogP contribution in [0.2, 0.25) is 0 Å². The van der Waals surface area contributed by atoms with Gasteiger partial charge >= 0.3 is 6.18 Å². The highest BCUT2D eigenvalue weighted by molar-refractivity contribution is 6.04. The number of carbonyl (C=O) groups excluding carboxylic acids is 2. The largest absolute Gasteiger partial charge is 0.439 e. The van der Waals surface area contributed by atoms with Gasteiger partial charge in [0, 0.05) is 75.4 Å². The lowest BCUT2D eigenvalue weighted by molar-refractivity contribution is -0.138. The highest BCUT2D eigenvalue weighted by Gasteiger charge is 2.34. The van der Waals surface area contributed by atoms with Crippen LogP contribution in [0.3, 0.4) is 0 Å². The van der Waals surface area contributed by atoms with Gasteiger partial charge in [-0.3, -0.25) is 14.5 Å². The van der Waals surface area contributed by atoms with Gasteiger partial charge < -0.3 is 25.2 Å². The monoisotopic (exact) mass is 637 g/mol. The zero-order chi connectivity index (χ0) is 32.8. The topological polar surface area (TPSA) is 103 Å². The van der Waals surface area contributed by atoms with E-state index in [1.165, 1.54) is 30.5 Å². The fourth-order valence-electron chi connectivity index (χ4n) is 5.59. The van der Waals surface area contributed by atoms with E-state index in [0.717, 1.165) is 37.7 Å². The normalized spacial score (nSPS) is 17.5. The smallest absolute Gasteiger partial charge is 0.416 e. The number of aromatic nitrogens is 2. The van der Waals surface area contributed by atoms with Crippen LogP contribution in [-0.2, 0) is 17.5 Å². The summed E-state index contributed by atoms with van der Waals surface area (Å²) in [6, 6.07) is 10.3. The van der Waals surface area contributed by atoms with E-state index in [-0.39, 0.29) is 41.2 Å². The number of carbonyl (C=O) groups is 2. The van der Waals surface area contributed by atoms with E-state index in [1.807, 2.05) is 4.90 Å². The van der Waals surface area contributed by atoms with Crippen LogP contribution >= 0.6 is 0 Å². The highest BCUT2D eigenvalue weighted by atomic mass is 19.4. The first-order valence-corrected chi connectivity index (χ1v) is 15.3. The summed E-state index contributed by atoms with van der Waals surface area (Å²) in [5.74, 6) is 0.212. The van der Waals surface area contributed by atoms with Crippen molar-refractivity contribution in [3.63, 3.8) is 0 Å². The van der Waals surface area contributed by atoms with Crippen LogP contribution in [0.25, 0.3) is 0 Å². The molecule has 46 heavy (non-hydrogen) atoms. The summed E-state index contributed by atoms with van der Waals surface area (Å²) < 4.78 is 48.2. The molecule has 3 heterocycles. The Labute approximate surface area is 266 Å². The van der Waals surface area contributed by atoms with Gasteiger partial charge in [0.2, 0.25) is 17.7 Å². The maximum Gasteiger partial charge on any atom is 0.416 e. The first-order chi connectivity index (χ1) is 22.0. The molecule has 2 saturated heterocycles. The zero-order valence-electron chi connectivity index (χ0n) is 25.9. The molecular formula is C33H38F3N7O3. The number of benzene rings is 2. The average molecular weight is 638 g/mol. The van der Waals surface area contributed by atoms with Crippen LogP contribution in [0.5, 0.6) is 11.6 Å². The van der Waals surface area contributed by atoms with Crippen LogP contribution in [-0.4, -0.2) is 88.3 Å². The maximum absolute atomic E-state index is 14.1. The first-order valence-electron chi connectivity index (χ1n) is 15.3. The van der Waals surface area contributed by atoms with Crippen molar-refractivity contribution in [1.82, 2.24) is 24.7 Å². The molecule has 1 unspecified atom stereocenters. The van der Waals surface area contributed by atoms with Crippen molar-refractivity contribution in [3.8, 4) is 11.6 Å². The summed E-state index contributed by atoms with van der Waals surface area (Å²) in [6.07, 6.45) is -1.02. The van der Waals surface area contributed by atoms with Gasteiger partial charge in [-0.1, -0.05) is 25.6 Å². The second-order valence-corrected chi connectivity index (χ2v) is 11.5. The number of hydrogen-bond acceptors (Lipinski definition) is 8. The van der Waals surface area contributed by atoms with Crippen molar-refractivity contribution >= 4 is 23.5 Å². The minimum Gasteiger partial charge on any atom is -0.439 e. The molecule has 2 aromatic carbocycles. The van der Waals surface area contributed by atoms with Gasteiger partial charge in [0.15, 0.2) is 0 Å². The molecule has 2 aliphatic rings. The Hall–Kier alpha value is -4.49. The van der Waals surface area contributed by atoms with Crippen LogP contribution < -0.4 is 15.4 Å². The molecule has 0 saturated carbocycles. The molecule has 0 radical (unpaired) electrons. The van der Waals surface area contributed by atoms with E-state index in [2.05, 4.69) is 39.0 Å². The number of nitrogens with one attached hydrogen (secondary N) is 2. The Balaban J connectivity index is 1.25. The Morgan fingerprint density at radius 2 is 1.83 bits per heavy atom. The zero-order valence-corrected chi connectivity index (χ0v) is 25.9. The second kappa shape index (κ2) is 14.3. The number of alkyl halides is 3. The van der Waals surface area contributed by atoms with Crippen molar-refractivity contribution in [3.05, 3.63) is 83.6 Å². The summed E-state index contributed by atoms with van der Waals surface area (Å²) >= 11 is 0. The quantitative estimate of drug-likeness (QED) is 0.293. The summed E-state index contributed by atoms with van der Waals surface area (Å²) in [7, 11) is 0. The molecule has 13 heteroatoms. The number of piperazine rings is 1. The van der Waals surface area contributed by atoms with Crippen molar-refractivity contribution in [2.24, 2.45) is 0 Å². The highest BCUT2D eigenvalue weighted by Crippen LogP contribution is 2.35. The van der Waals surface area contributed by atoms with Gasteiger partial charge in [-0.2, -0.15) is 18.2 Å². The van der Waals surface area contributed by atoms with Gasteiger partial charge in [0.25, 0.3) is 5.91 Å². The molecule has 0 aliphatic carbocycles. The minimum atomic E-state index is -4.57. The van der Waals surface area contributed by atoms with E-state index in [9.17, 15) is 22.8 Å². The third-order valence-electron chi connectivity index (χ3n) is 8.28. The van der Waals surface area contributed by atoms with Crippen LogP contribution in [0.1, 0.15) is 40.4 Å². The van der Waals surface area contributed by atoms with E-state index >= 15 is 0 Å². The third kappa shape index (κ3) is 8.20. The van der Waals surface area contributed by atoms with E-state index in [0.29, 0.717) is 37.9 Å². The number of hydrogen-bond donors (Lipinski definition) is 2. The van der Waals surface area contributed by atoms with E-state index in [4.69, 9.17) is 4.74 Å². The first kappa shape index (κ1) is 32.9. The van der Waals surface area contributed by atoms with Gasteiger partial charge in [0.1, 0.15) is 5.75 Å². The van der Waals surface area contributed by atoms with Crippen LogP contribution in [0.4, 0.5) is 24.8 Å². The number of likely N-dealkylation sites (N-methyl/N-ethyl adjacent to an activating group) is 1. The lowest BCUT2D eigenvalue weighted by Crippen LogP contribution is -2.45. The number of ether oxygens (including phenoxy) is 1. The lowest BCUT2D eigenvalue weighted by Gasteiger charge is -2.34. The predicted molar refractivity (Wildman–Crippen MR) is 169 cm³/mol. The molecule has 244 valence electrons. The van der Waals surface area contributed by atoms with Crippen molar-refractivity contribution in [2.75, 3.05) is 56.4 Å². The maximum atomic E-state index is 14.1. The Morgan fingerprint density at radius 1 is 1.07 bits per heavy atom. The molecule has 2 aliphatic heterocycles. The molecule has 2 N–H and O–H groups in total. The molecule has 0 bridgehead atoms. The van der Waals surface area contributed by atoms with Gasteiger partial charge in [-0.25, -0.2) is 4.98 Å². The van der Waals surface area contributed by atoms with Crippen LogP contribution in [0.15, 0.2) is 61.3 Å². The summed E-state index contributed by atoms with van der Waals surface area (Å²) in [5, 5.41) is 5.82. The summed E-state index contributed by atoms with van der Waals surface area (Å²) in [4.78, 5) is 39.7. The molecule has 0 spiro atoms. The Bertz CT molecular complexity index is 1570. The number of halogens is 3. The third-order valence-corrected chi connectivity index (χ3v) is 8.28. The Morgan fingerprint density at radius 3 is 2.54 bits per heavy atom. The van der Waals surface area contributed by atoms with Gasteiger partial charge in [-0.05, 0) is 61.4 Å². The summed E-state index contributed by atoms with van der Waals surface area (Å²) in [6.45, 7) is 12.7. The second-order valence-electron chi connectivity index (χ2n) is 11.5. The molecule has 3 aromatic rings. The van der Waals surface area contributed by atoms with Crippen molar-refractivity contribution in [1.29, 1.82) is 0 Å². The van der Waals surface area contributed by atoms with Crippen LogP contribution in [0, 0.1) is 6.92 Å². The number of aryl methyl sites for hydroxylation is 1. The molecular weight excluding hydrogens is 599 g/mol. The fraction of sp³-hybridized carbons (Fsp3) is 0.394. The molecule has 2 fully saturated rings. The Kier molecular flexibility index (Phi) is 10.2. The number of nitrogens with zero attached hydrogens (tertiary/aromatic N) is 5. The van der Waals surface area contributed by atoms with Gasteiger partial charge in [0.05, 0.1) is 5.56 Å². The van der Waals surface area contributed by atoms with E-state index in [1.54, 1.807) is 30.0 Å². The minimum absolute atomic E-state index is 0.0311. The number of amides is 2. The number of rotatable bonds is 10. The number of likely N-dealkylation sites (tertiary alicyclic amines) is 1. The lowest BCUT2D eigenvalue weighted by atomic mass is 10.0. The fourth-order valence-corrected chi connectivity index (χ4v) is 5.59. The summed E-state index contributed by atoms with van der Waals surface area (Å²) in [5.41, 5.74) is 0.393. The standard InChI is InChI=1S/C33H38F3N7O3/c1-4-30(44)43-13-11-26(21-43)39-32-37-12-10-29(40-32)46-28-18-23(7-6-22(28)3)31(45)38-25-9-8-24(27(19-25)33(34,35)36)20-42-16-14-41(5-2)15-17-42/h4,6-10,12,18-19,26H,1,5,11,13-17,20-21H2,2-3H3,(H,38,45)(H,37,39,40). The van der Waals surface area contributed by atoms with Crippen molar-refractivity contribution < 1.29 is 27.5 Å².